The molecule has 22 heavy (non-hydrogen) atoms. The van der Waals surface area contributed by atoms with Gasteiger partial charge >= 0.3 is 0 Å². The third kappa shape index (κ3) is 2.63. The second-order valence-corrected chi connectivity index (χ2v) is 5.16. The third-order valence-corrected chi connectivity index (χ3v) is 3.48. The number of pyridine rings is 2. The molecule has 0 bridgehead atoms. The van der Waals surface area contributed by atoms with Crippen LogP contribution in [0.1, 0.15) is 10.4 Å². The predicted octanol–water partition coefficient (Wildman–Crippen LogP) is 3.70. The molecule has 0 saturated heterocycles. The van der Waals surface area contributed by atoms with Crippen molar-refractivity contribution in [2.24, 2.45) is 0 Å². The van der Waals surface area contributed by atoms with E-state index in [1.807, 2.05) is 0 Å². The first-order chi connectivity index (χ1) is 10.6. The molecular weight excluding hydrogens is 305 g/mol. The molecule has 3 rings (SSSR count). The van der Waals surface area contributed by atoms with E-state index in [0.29, 0.717) is 21.7 Å². The van der Waals surface area contributed by atoms with Crippen LogP contribution in [0.3, 0.4) is 0 Å². The number of halogens is 2. The van der Waals surface area contributed by atoms with E-state index in [-0.39, 0.29) is 5.56 Å². The number of hydrogen-bond acceptors (Lipinski definition) is 3. The maximum absolute atomic E-state index is 13.7. The third-order valence-electron chi connectivity index (χ3n) is 3.26. The fourth-order valence-corrected chi connectivity index (χ4v) is 2.28. The number of aromatic nitrogens is 2. The van der Waals surface area contributed by atoms with Gasteiger partial charge in [-0.1, -0.05) is 17.7 Å². The molecule has 2 aromatic heterocycles. The smallest absolute Gasteiger partial charge is 0.261 e. The Hall–Kier alpha value is -2.53. The average Bonchev–Trinajstić information content (AvgIpc) is 2.53. The van der Waals surface area contributed by atoms with Crippen LogP contribution in [0, 0.1) is 5.82 Å². The lowest BCUT2D eigenvalue weighted by molar-refractivity contribution is 0.0993. The summed E-state index contributed by atoms with van der Waals surface area (Å²) in [6, 6.07) is 9.19. The Kier molecular flexibility index (Phi) is 3.73. The highest BCUT2D eigenvalue weighted by molar-refractivity contribution is 6.30. The number of carbonyl (C=O) groups excluding carboxylic acids is 1. The summed E-state index contributed by atoms with van der Waals surface area (Å²) in [4.78, 5) is 22.2. The van der Waals surface area contributed by atoms with Crippen molar-refractivity contribution < 1.29 is 9.18 Å². The van der Waals surface area contributed by atoms with Gasteiger partial charge in [0.25, 0.3) is 5.91 Å². The first kappa shape index (κ1) is 14.4. The number of amides is 1. The number of rotatable bonds is 2. The Morgan fingerprint density at radius 2 is 2.05 bits per heavy atom. The summed E-state index contributed by atoms with van der Waals surface area (Å²) >= 11 is 5.79. The zero-order chi connectivity index (χ0) is 15.7. The highest BCUT2D eigenvalue weighted by atomic mass is 35.5. The fraction of sp³-hybridized carbons (Fsp3) is 0.0625. The van der Waals surface area contributed by atoms with Gasteiger partial charge in [-0.2, -0.15) is 0 Å². The van der Waals surface area contributed by atoms with E-state index >= 15 is 0 Å². The lowest BCUT2D eigenvalue weighted by atomic mass is 10.1. The number of nitrogens with zero attached hydrogens (tertiary/aromatic N) is 3. The summed E-state index contributed by atoms with van der Waals surface area (Å²) in [5.74, 6) is -0.456. The van der Waals surface area contributed by atoms with E-state index in [2.05, 4.69) is 9.97 Å². The van der Waals surface area contributed by atoms with Crippen LogP contribution in [0.2, 0.25) is 5.02 Å². The Balaban J connectivity index is 2.06. The predicted molar refractivity (Wildman–Crippen MR) is 83.7 cm³/mol. The molecular formula is C16H11ClFN3O. The monoisotopic (exact) mass is 315 g/mol. The fourth-order valence-electron chi connectivity index (χ4n) is 2.17. The molecule has 2 heterocycles. The van der Waals surface area contributed by atoms with Gasteiger partial charge in [0.05, 0.1) is 16.1 Å². The maximum Gasteiger partial charge on any atom is 0.261 e. The van der Waals surface area contributed by atoms with Crippen LogP contribution in [0.25, 0.3) is 10.9 Å². The Morgan fingerprint density at radius 1 is 1.23 bits per heavy atom. The molecule has 0 spiro atoms. The van der Waals surface area contributed by atoms with E-state index in [0.717, 1.165) is 0 Å². The van der Waals surface area contributed by atoms with E-state index in [1.54, 1.807) is 37.5 Å². The molecule has 0 radical (unpaired) electrons. The van der Waals surface area contributed by atoms with E-state index in [4.69, 9.17) is 11.6 Å². The molecule has 0 unspecified atom stereocenters. The van der Waals surface area contributed by atoms with Gasteiger partial charge in [0.2, 0.25) is 0 Å². The zero-order valence-electron chi connectivity index (χ0n) is 11.6. The number of carbonyl (C=O) groups is 1. The molecule has 0 aliphatic carbocycles. The first-order valence-corrected chi connectivity index (χ1v) is 6.88. The van der Waals surface area contributed by atoms with E-state index in [1.165, 1.54) is 23.2 Å². The topological polar surface area (TPSA) is 46.1 Å². The molecule has 1 amide bonds. The molecule has 0 aliphatic heterocycles. The molecule has 0 atom stereocenters. The number of fused-ring (bicyclic) bond motifs is 1. The van der Waals surface area contributed by atoms with Crippen LogP contribution < -0.4 is 4.90 Å². The van der Waals surface area contributed by atoms with Gasteiger partial charge in [-0.3, -0.25) is 14.7 Å². The van der Waals surface area contributed by atoms with E-state index in [9.17, 15) is 9.18 Å². The Morgan fingerprint density at radius 3 is 2.77 bits per heavy atom. The lowest BCUT2D eigenvalue weighted by Crippen LogP contribution is -2.27. The summed E-state index contributed by atoms with van der Waals surface area (Å²) < 4.78 is 13.7. The molecule has 3 aromatic rings. The molecule has 4 nitrogen and oxygen atoms in total. The molecule has 0 aliphatic rings. The van der Waals surface area contributed by atoms with Gasteiger partial charge in [-0.15, -0.1) is 0 Å². The largest absolute Gasteiger partial charge is 0.296 e. The quantitative estimate of drug-likeness (QED) is 0.724. The number of benzene rings is 1. The van der Waals surface area contributed by atoms with Gasteiger partial charge in [-0.25, -0.2) is 9.37 Å². The van der Waals surface area contributed by atoms with Crippen molar-refractivity contribution in [2.45, 2.75) is 0 Å². The van der Waals surface area contributed by atoms with Crippen molar-refractivity contribution in [3.05, 3.63) is 65.2 Å². The summed E-state index contributed by atoms with van der Waals surface area (Å²) in [5.41, 5.74) is 0.643. The molecule has 0 saturated carbocycles. The minimum atomic E-state index is -0.485. The van der Waals surface area contributed by atoms with Gasteiger partial charge in [0.15, 0.2) is 0 Å². The summed E-state index contributed by atoms with van der Waals surface area (Å²) in [6.07, 6.45) is 3.01. The standard InChI is InChI=1S/C16H11ClFN3O/c1-21(14-5-4-11(17)9-20-14)16(22)13-8-12(18)7-10-3-2-6-19-15(10)13/h2-9H,1H3. The first-order valence-electron chi connectivity index (χ1n) is 6.50. The van der Waals surface area contributed by atoms with Crippen LogP contribution in [0.5, 0.6) is 0 Å². The van der Waals surface area contributed by atoms with Crippen LogP contribution in [-0.4, -0.2) is 22.9 Å². The Bertz CT molecular complexity index is 852. The second kappa shape index (κ2) is 5.69. The molecule has 110 valence electrons. The van der Waals surface area contributed by atoms with Crippen LogP contribution >= 0.6 is 11.6 Å². The highest BCUT2D eigenvalue weighted by Gasteiger charge is 2.19. The SMILES string of the molecule is CN(C(=O)c1cc(F)cc2cccnc12)c1ccc(Cl)cn1. The normalized spacial score (nSPS) is 10.7. The van der Waals surface area contributed by atoms with Crippen LogP contribution in [0.4, 0.5) is 10.2 Å². The van der Waals surface area contributed by atoms with Crippen molar-refractivity contribution in [1.29, 1.82) is 0 Å². The lowest BCUT2D eigenvalue weighted by Gasteiger charge is -2.17. The van der Waals surface area contributed by atoms with Gasteiger partial charge in [-0.05, 0) is 30.3 Å². The molecule has 1 aromatic carbocycles. The minimum Gasteiger partial charge on any atom is -0.296 e. The highest BCUT2D eigenvalue weighted by Crippen LogP contribution is 2.22. The number of hydrogen-bond donors (Lipinski definition) is 0. The Labute approximate surface area is 131 Å². The molecule has 0 fully saturated rings. The molecule has 0 N–H and O–H groups in total. The van der Waals surface area contributed by atoms with Crippen molar-refractivity contribution in [3.8, 4) is 0 Å². The summed E-state index contributed by atoms with van der Waals surface area (Å²) in [5, 5.41) is 1.05. The second-order valence-electron chi connectivity index (χ2n) is 4.73. The maximum atomic E-state index is 13.7. The van der Waals surface area contributed by atoms with Crippen molar-refractivity contribution in [1.82, 2.24) is 9.97 Å². The van der Waals surface area contributed by atoms with E-state index < -0.39 is 11.7 Å². The summed E-state index contributed by atoms with van der Waals surface area (Å²) in [6.45, 7) is 0. The summed E-state index contributed by atoms with van der Waals surface area (Å²) in [7, 11) is 1.57. The average molecular weight is 316 g/mol. The van der Waals surface area contributed by atoms with Crippen LogP contribution in [0.15, 0.2) is 48.8 Å². The minimum absolute atomic E-state index is 0.190. The zero-order valence-corrected chi connectivity index (χ0v) is 12.4. The van der Waals surface area contributed by atoms with Crippen LogP contribution in [-0.2, 0) is 0 Å². The van der Waals surface area contributed by atoms with Crippen molar-refractivity contribution in [2.75, 3.05) is 11.9 Å². The van der Waals surface area contributed by atoms with Gasteiger partial charge in [0.1, 0.15) is 11.6 Å². The van der Waals surface area contributed by atoms with Crippen molar-refractivity contribution in [3.63, 3.8) is 0 Å². The van der Waals surface area contributed by atoms with Crippen molar-refractivity contribution >= 4 is 34.2 Å². The molecule has 6 heteroatoms. The van der Waals surface area contributed by atoms with Gasteiger partial charge < -0.3 is 0 Å². The van der Waals surface area contributed by atoms with Gasteiger partial charge in [0, 0.05) is 24.8 Å². The number of anilines is 1.